The fraction of sp³-hybridized carbons (Fsp3) is 0.174. The first-order valence-electron chi connectivity index (χ1n) is 10.1. The lowest BCUT2D eigenvalue weighted by molar-refractivity contribution is -0.141. The van der Waals surface area contributed by atoms with Gasteiger partial charge in [-0.2, -0.15) is 9.30 Å². The lowest BCUT2D eigenvalue weighted by Crippen LogP contribution is -2.26. The number of para-hydroxylation sites is 1. The van der Waals surface area contributed by atoms with E-state index in [-0.39, 0.29) is 23.5 Å². The van der Waals surface area contributed by atoms with Crippen molar-refractivity contribution in [2.75, 3.05) is 14.2 Å². The number of carbonyl (C=O) groups excluding carboxylic acids is 2. The Morgan fingerprint density at radius 2 is 1.82 bits per heavy atom. The highest BCUT2D eigenvalue weighted by molar-refractivity contribution is 7.89. The monoisotopic (exact) mass is 499 g/mol. The summed E-state index contributed by atoms with van der Waals surface area (Å²) in [6.45, 7) is -0.0106. The Labute approximate surface area is 199 Å². The number of hydrogen-bond acceptors (Lipinski definition) is 7. The summed E-state index contributed by atoms with van der Waals surface area (Å²) >= 11 is 1.27. The molecule has 0 spiro atoms. The summed E-state index contributed by atoms with van der Waals surface area (Å²) in [5, 5.41) is 0. The Kier molecular flexibility index (Phi) is 6.77. The van der Waals surface area contributed by atoms with E-state index in [0.29, 0.717) is 10.6 Å². The number of esters is 1. The minimum absolute atomic E-state index is 0.0423. The Balaban J connectivity index is 1.62. The third-order valence-corrected chi connectivity index (χ3v) is 7.95. The maximum absolute atomic E-state index is 12.8. The fourth-order valence-corrected chi connectivity index (χ4v) is 5.43. The molecule has 4 aromatic rings. The van der Waals surface area contributed by atoms with Gasteiger partial charge in [0.05, 0.1) is 35.0 Å². The van der Waals surface area contributed by atoms with Crippen molar-refractivity contribution in [3.63, 3.8) is 0 Å². The molecule has 0 aliphatic carbocycles. The molecule has 2 heterocycles. The number of fused-ring (bicyclic) bond motifs is 1. The second kappa shape index (κ2) is 9.75. The molecule has 2 aromatic carbocycles. The van der Waals surface area contributed by atoms with Crippen molar-refractivity contribution < 1.29 is 27.2 Å². The van der Waals surface area contributed by atoms with Gasteiger partial charge in [-0.15, -0.1) is 0 Å². The number of nitrogens with zero attached hydrogens (tertiary/aromatic N) is 3. The van der Waals surface area contributed by atoms with Gasteiger partial charge in [0, 0.05) is 12.6 Å². The second-order valence-corrected chi connectivity index (χ2v) is 10.4. The Morgan fingerprint density at radius 3 is 2.50 bits per heavy atom. The van der Waals surface area contributed by atoms with Gasteiger partial charge in [0.25, 0.3) is 5.91 Å². The predicted molar refractivity (Wildman–Crippen MR) is 126 cm³/mol. The molecule has 0 N–H and O–H groups in total. The van der Waals surface area contributed by atoms with E-state index in [1.165, 1.54) is 60.3 Å². The van der Waals surface area contributed by atoms with Crippen LogP contribution in [0, 0.1) is 0 Å². The number of carbonyl (C=O) groups is 2. The lowest BCUT2D eigenvalue weighted by atomic mass is 10.2. The van der Waals surface area contributed by atoms with Gasteiger partial charge in [0.1, 0.15) is 12.3 Å². The van der Waals surface area contributed by atoms with Crippen molar-refractivity contribution in [2.45, 2.75) is 18.0 Å². The molecule has 34 heavy (non-hydrogen) atoms. The molecule has 4 rings (SSSR count). The molecule has 0 aliphatic rings. The number of hydrogen-bond donors (Lipinski definition) is 0. The first-order chi connectivity index (χ1) is 16.3. The van der Waals surface area contributed by atoms with Crippen LogP contribution in [0.25, 0.3) is 10.2 Å². The van der Waals surface area contributed by atoms with Crippen LogP contribution in [-0.4, -0.2) is 43.3 Å². The van der Waals surface area contributed by atoms with E-state index in [9.17, 15) is 18.0 Å². The van der Waals surface area contributed by atoms with Crippen LogP contribution >= 0.6 is 11.3 Å². The first-order valence-corrected chi connectivity index (χ1v) is 12.4. The van der Waals surface area contributed by atoms with Crippen molar-refractivity contribution >= 4 is 43.5 Å². The van der Waals surface area contributed by atoms with E-state index in [1.807, 2.05) is 24.3 Å². The number of amides is 1. The normalized spacial score (nSPS) is 12.4. The second-order valence-electron chi connectivity index (χ2n) is 7.30. The van der Waals surface area contributed by atoms with Gasteiger partial charge in [-0.25, -0.2) is 8.42 Å². The van der Waals surface area contributed by atoms with Gasteiger partial charge in [-0.1, -0.05) is 23.5 Å². The largest absolute Gasteiger partial charge is 0.468 e. The first kappa shape index (κ1) is 23.6. The molecule has 2 aromatic heterocycles. The van der Waals surface area contributed by atoms with Crippen molar-refractivity contribution in [2.24, 2.45) is 4.99 Å². The van der Waals surface area contributed by atoms with E-state index in [1.54, 1.807) is 16.7 Å². The molecule has 1 amide bonds. The number of aromatic nitrogens is 1. The number of furan rings is 1. The van der Waals surface area contributed by atoms with E-state index in [0.717, 1.165) is 10.2 Å². The van der Waals surface area contributed by atoms with Crippen LogP contribution in [0.2, 0.25) is 0 Å². The Hall–Kier alpha value is -3.54. The van der Waals surface area contributed by atoms with E-state index in [2.05, 4.69) is 4.99 Å². The average Bonchev–Trinajstić information content (AvgIpc) is 3.47. The minimum atomic E-state index is -3.78. The Bertz CT molecular complexity index is 1500. The van der Waals surface area contributed by atoms with Gasteiger partial charge in [0.2, 0.25) is 10.0 Å². The standard InChI is InChI=1S/C23H21N3O6S2/c1-25(14-17-6-5-13-32-17)34(29,30)18-11-9-16(10-12-18)22(28)24-23-26(15-21(27)31-2)19-7-3-4-8-20(19)33-23/h3-13H,14-15H2,1-2H3. The van der Waals surface area contributed by atoms with E-state index in [4.69, 9.17) is 9.15 Å². The van der Waals surface area contributed by atoms with Crippen molar-refractivity contribution in [3.8, 4) is 0 Å². The number of thiazole rings is 1. The van der Waals surface area contributed by atoms with Crippen LogP contribution in [0.5, 0.6) is 0 Å². The van der Waals surface area contributed by atoms with Gasteiger partial charge in [0.15, 0.2) is 4.80 Å². The molecule has 0 unspecified atom stereocenters. The third kappa shape index (κ3) is 4.86. The summed E-state index contributed by atoms with van der Waals surface area (Å²) in [5.41, 5.74) is 0.972. The molecule has 0 saturated heterocycles. The lowest BCUT2D eigenvalue weighted by Gasteiger charge is -2.16. The highest BCUT2D eigenvalue weighted by Gasteiger charge is 2.22. The summed E-state index contributed by atoms with van der Waals surface area (Å²) in [5.74, 6) is -0.510. The zero-order valence-corrected chi connectivity index (χ0v) is 20.0. The molecule has 0 bridgehead atoms. The van der Waals surface area contributed by atoms with Crippen LogP contribution in [0.3, 0.4) is 0 Å². The number of benzene rings is 2. The zero-order chi connectivity index (χ0) is 24.3. The molecule has 0 atom stereocenters. The molecule has 176 valence electrons. The van der Waals surface area contributed by atoms with Gasteiger partial charge in [-0.05, 0) is 48.5 Å². The quantitative estimate of drug-likeness (QED) is 0.362. The van der Waals surface area contributed by atoms with Crippen molar-refractivity contribution in [3.05, 3.63) is 83.1 Å². The van der Waals surface area contributed by atoms with Crippen molar-refractivity contribution in [1.29, 1.82) is 0 Å². The number of methoxy groups -OCH3 is 1. The molecule has 0 fully saturated rings. The topological polar surface area (TPSA) is 111 Å². The molecule has 11 heteroatoms. The highest BCUT2D eigenvalue weighted by Crippen LogP contribution is 2.19. The smallest absolute Gasteiger partial charge is 0.325 e. The van der Waals surface area contributed by atoms with E-state index < -0.39 is 21.9 Å². The molecule has 0 radical (unpaired) electrons. The van der Waals surface area contributed by atoms with Crippen LogP contribution < -0.4 is 4.80 Å². The Morgan fingerprint density at radius 1 is 1.09 bits per heavy atom. The molecule has 9 nitrogen and oxygen atoms in total. The summed E-state index contributed by atoms with van der Waals surface area (Å²) in [6.07, 6.45) is 1.48. The van der Waals surface area contributed by atoms with E-state index >= 15 is 0 Å². The fourth-order valence-electron chi connectivity index (χ4n) is 3.26. The van der Waals surface area contributed by atoms with Gasteiger partial charge < -0.3 is 13.7 Å². The van der Waals surface area contributed by atoms with Crippen LogP contribution in [-0.2, 0) is 32.6 Å². The predicted octanol–water partition coefficient (Wildman–Crippen LogP) is 3.03. The third-order valence-electron chi connectivity index (χ3n) is 5.07. The number of ether oxygens (including phenoxy) is 1. The molecule has 0 aliphatic heterocycles. The number of rotatable bonds is 7. The summed E-state index contributed by atoms with van der Waals surface area (Å²) in [7, 11) is -1.03. The molecular formula is C23H21N3O6S2. The molecule has 0 saturated carbocycles. The summed E-state index contributed by atoms with van der Waals surface area (Å²) in [6, 6.07) is 16.3. The highest BCUT2D eigenvalue weighted by atomic mass is 32.2. The SMILES string of the molecule is COC(=O)Cn1c(=NC(=O)c2ccc(S(=O)(=O)N(C)Cc3ccco3)cc2)sc2ccccc21. The summed E-state index contributed by atoms with van der Waals surface area (Å²) < 4.78 is 39.3. The maximum atomic E-state index is 12.8. The number of sulfonamides is 1. The zero-order valence-electron chi connectivity index (χ0n) is 18.4. The van der Waals surface area contributed by atoms with Crippen LogP contribution in [0.1, 0.15) is 16.1 Å². The van der Waals surface area contributed by atoms with Crippen LogP contribution in [0.15, 0.2) is 81.2 Å². The van der Waals surface area contributed by atoms with Crippen molar-refractivity contribution in [1.82, 2.24) is 8.87 Å². The van der Waals surface area contributed by atoms with Gasteiger partial charge >= 0.3 is 5.97 Å². The minimum Gasteiger partial charge on any atom is -0.468 e. The van der Waals surface area contributed by atoms with Gasteiger partial charge in [-0.3, -0.25) is 9.59 Å². The maximum Gasteiger partial charge on any atom is 0.325 e. The molecular weight excluding hydrogens is 478 g/mol. The average molecular weight is 500 g/mol. The van der Waals surface area contributed by atoms with Crippen LogP contribution in [0.4, 0.5) is 0 Å². The summed E-state index contributed by atoms with van der Waals surface area (Å²) in [4.78, 5) is 29.3.